The SMILES string of the molecule is COc1ccc(-c2nc3cc(C4CCNCC4)ccc3n2C)cc1OC.O=C(O)C(F)(F)F.O=C(O)C(F)(F)F. The Morgan fingerprint density at radius 3 is 1.90 bits per heavy atom. The standard InChI is InChI=1S/C21H25N3O2.2C2HF3O2/c1-24-18-6-4-15(14-8-10-22-11-9-14)12-17(18)23-21(24)16-5-7-19(25-2)20(13-16)26-3;2*3-2(4,5)1(6)7/h4-7,12-14,22H,8-11H2,1-3H3;2*(H,6,7). The average Bonchev–Trinajstić information content (AvgIpc) is 3.24. The lowest BCUT2D eigenvalue weighted by Gasteiger charge is -2.22. The molecule has 1 aliphatic heterocycles. The number of carboxylic acid groups (broad SMARTS) is 2. The molecule has 4 rings (SSSR count). The first-order valence-electron chi connectivity index (χ1n) is 11.6. The summed E-state index contributed by atoms with van der Waals surface area (Å²) in [5, 5.41) is 17.7. The Morgan fingerprint density at radius 1 is 0.900 bits per heavy atom. The molecule has 0 saturated carbocycles. The predicted octanol–water partition coefficient (Wildman–Crippen LogP) is 4.99. The van der Waals surface area contributed by atoms with Gasteiger partial charge >= 0.3 is 24.3 Å². The van der Waals surface area contributed by atoms with Gasteiger partial charge < -0.3 is 29.6 Å². The number of hydrogen-bond donors (Lipinski definition) is 3. The van der Waals surface area contributed by atoms with Crippen LogP contribution in [0.15, 0.2) is 36.4 Å². The van der Waals surface area contributed by atoms with Crippen molar-refractivity contribution in [3.05, 3.63) is 42.0 Å². The average molecular weight is 579 g/mol. The van der Waals surface area contributed by atoms with Crippen LogP contribution >= 0.6 is 0 Å². The van der Waals surface area contributed by atoms with Crippen molar-refractivity contribution in [1.82, 2.24) is 14.9 Å². The van der Waals surface area contributed by atoms with E-state index in [0.717, 1.165) is 41.3 Å². The molecule has 1 aromatic heterocycles. The molecule has 1 fully saturated rings. The minimum absolute atomic E-state index is 0.632. The number of imidazole rings is 1. The molecule has 220 valence electrons. The summed E-state index contributed by atoms with van der Waals surface area (Å²) in [7, 11) is 5.36. The van der Waals surface area contributed by atoms with E-state index in [1.165, 1.54) is 18.4 Å². The normalized spacial score (nSPS) is 13.9. The fourth-order valence-corrected chi connectivity index (χ4v) is 3.86. The van der Waals surface area contributed by atoms with Crippen LogP contribution < -0.4 is 14.8 Å². The number of piperidine rings is 1. The van der Waals surface area contributed by atoms with Crippen LogP contribution in [0.25, 0.3) is 22.4 Å². The van der Waals surface area contributed by atoms with Crippen molar-refractivity contribution in [2.24, 2.45) is 7.05 Å². The lowest BCUT2D eigenvalue weighted by atomic mass is 9.90. The zero-order chi connectivity index (χ0) is 30.3. The second kappa shape index (κ2) is 13.4. The number of hydrogen-bond acceptors (Lipinski definition) is 6. The van der Waals surface area contributed by atoms with Crippen molar-refractivity contribution in [2.45, 2.75) is 31.1 Å². The maximum absolute atomic E-state index is 10.6. The number of rotatable bonds is 4. The number of aryl methyl sites for hydroxylation is 1. The molecule has 15 heteroatoms. The summed E-state index contributed by atoms with van der Waals surface area (Å²) in [6.45, 7) is 2.20. The molecule has 3 aromatic rings. The predicted molar refractivity (Wildman–Crippen MR) is 131 cm³/mol. The van der Waals surface area contributed by atoms with E-state index in [9.17, 15) is 26.3 Å². The third kappa shape index (κ3) is 8.49. The Balaban J connectivity index is 0.000000333. The molecule has 1 saturated heterocycles. The van der Waals surface area contributed by atoms with Gasteiger partial charge in [-0.2, -0.15) is 26.3 Å². The number of halogens is 6. The number of alkyl halides is 6. The Hall–Kier alpha value is -4.01. The van der Waals surface area contributed by atoms with Crippen LogP contribution in [-0.2, 0) is 16.6 Å². The van der Waals surface area contributed by atoms with Crippen molar-refractivity contribution in [1.29, 1.82) is 0 Å². The summed E-state index contributed by atoms with van der Waals surface area (Å²) in [6.07, 6.45) is -7.78. The number of carboxylic acids is 2. The molecule has 0 aliphatic carbocycles. The van der Waals surface area contributed by atoms with Crippen LogP contribution in [0.3, 0.4) is 0 Å². The largest absolute Gasteiger partial charge is 0.493 e. The van der Waals surface area contributed by atoms with Gasteiger partial charge in [-0.1, -0.05) is 6.07 Å². The molecule has 3 N–H and O–H groups in total. The highest BCUT2D eigenvalue weighted by Crippen LogP contribution is 2.34. The van der Waals surface area contributed by atoms with Crippen LogP contribution in [0.4, 0.5) is 26.3 Å². The quantitative estimate of drug-likeness (QED) is 0.370. The topological polar surface area (TPSA) is 123 Å². The van der Waals surface area contributed by atoms with Gasteiger partial charge in [0, 0.05) is 12.6 Å². The Morgan fingerprint density at radius 2 is 1.43 bits per heavy atom. The molecule has 0 radical (unpaired) electrons. The Bertz CT molecular complexity index is 1290. The lowest BCUT2D eigenvalue weighted by Crippen LogP contribution is -2.26. The van der Waals surface area contributed by atoms with Gasteiger partial charge in [-0.05, 0) is 67.7 Å². The zero-order valence-electron chi connectivity index (χ0n) is 21.6. The van der Waals surface area contributed by atoms with Crippen molar-refractivity contribution < 1.29 is 55.6 Å². The molecule has 0 bridgehead atoms. The number of nitrogens with one attached hydrogen (secondary N) is 1. The number of fused-ring (bicyclic) bond motifs is 1. The molecule has 2 heterocycles. The number of aromatic nitrogens is 2. The van der Waals surface area contributed by atoms with E-state index >= 15 is 0 Å². The van der Waals surface area contributed by atoms with Crippen LogP contribution in [0, 0.1) is 0 Å². The smallest absolute Gasteiger partial charge is 0.490 e. The summed E-state index contributed by atoms with van der Waals surface area (Å²) >= 11 is 0. The summed E-state index contributed by atoms with van der Waals surface area (Å²) in [5.41, 5.74) is 4.61. The molecule has 0 atom stereocenters. The summed E-state index contributed by atoms with van der Waals surface area (Å²) in [6, 6.07) is 12.6. The Labute approximate surface area is 224 Å². The first kappa shape index (κ1) is 32.2. The van der Waals surface area contributed by atoms with Crippen LogP contribution in [0.5, 0.6) is 11.5 Å². The van der Waals surface area contributed by atoms with Gasteiger partial charge in [0.05, 0.1) is 25.3 Å². The lowest BCUT2D eigenvalue weighted by molar-refractivity contribution is -0.193. The number of carbonyl (C=O) groups is 2. The zero-order valence-corrected chi connectivity index (χ0v) is 21.6. The number of nitrogens with zero attached hydrogens (tertiary/aromatic N) is 2. The summed E-state index contributed by atoms with van der Waals surface area (Å²) < 4.78 is 76.4. The van der Waals surface area contributed by atoms with Gasteiger partial charge in [0.25, 0.3) is 0 Å². The molecule has 0 amide bonds. The van der Waals surface area contributed by atoms with Crippen LogP contribution in [0.1, 0.15) is 24.3 Å². The minimum atomic E-state index is -5.08. The maximum Gasteiger partial charge on any atom is 0.490 e. The van der Waals surface area contributed by atoms with E-state index in [-0.39, 0.29) is 0 Å². The van der Waals surface area contributed by atoms with Gasteiger partial charge in [-0.25, -0.2) is 14.6 Å². The van der Waals surface area contributed by atoms with Crippen molar-refractivity contribution >= 4 is 23.0 Å². The first-order chi connectivity index (χ1) is 18.6. The molecule has 1 aliphatic rings. The fraction of sp³-hybridized carbons (Fsp3) is 0.400. The third-order valence-corrected chi connectivity index (χ3v) is 5.84. The van der Waals surface area contributed by atoms with E-state index in [0.29, 0.717) is 11.7 Å². The Kier molecular flexibility index (Phi) is 10.8. The fourth-order valence-electron chi connectivity index (χ4n) is 3.86. The minimum Gasteiger partial charge on any atom is -0.493 e. The van der Waals surface area contributed by atoms with Gasteiger partial charge in [0.2, 0.25) is 0 Å². The third-order valence-electron chi connectivity index (χ3n) is 5.84. The van der Waals surface area contributed by atoms with Crippen LogP contribution in [0.2, 0.25) is 0 Å². The monoisotopic (exact) mass is 579 g/mol. The summed E-state index contributed by atoms with van der Waals surface area (Å²) in [5.74, 6) is -2.51. The number of benzene rings is 2. The van der Waals surface area contributed by atoms with Crippen molar-refractivity contribution in [2.75, 3.05) is 27.3 Å². The molecule has 0 spiro atoms. The van der Waals surface area contributed by atoms with E-state index in [2.05, 4.69) is 35.1 Å². The number of aliphatic carboxylic acids is 2. The van der Waals surface area contributed by atoms with E-state index in [4.69, 9.17) is 34.3 Å². The first-order valence-corrected chi connectivity index (χ1v) is 11.6. The molecule has 0 unspecified atom stereocenters. The van der Waals surface area contributed by atoms with Gasteiger partial charge in [-0.3, -0.25) is 0 Å². The van der Waals surface area contributed by atoms with E-state index in [1.54, 1.807) is 14.2 Å². The molecule has 40 heavy (non-hydrogen) atoms. The van der Waals surface area contributed by atoms with E-state index < -0.39 is 24.3 Å². The molecule has 9 nitrogen and oxygen atoms in total. The highest BCUT2D eigenvalue weighted by atomic mass is 19.4. The second-order valence-electron chi connectivity index (χ2n) is 8.44. The van der Waals surface area contributed by atoms with Gasteiger partial charge in [-0.15, -0.1) is 0 Å². The maximum atomic E-state index is 10.6. The molecule has 2 aromatic carbocycles. The number of methoxy groups -OCH3 is 2. The molecular formula is C25H27F6N3O6. The summed E-state index contributed by atoms with van der Waals surface area (Å²) in [4.78, 5) is 22.7. The highest BCUT2D eigenvalue weighted by molar-refractivity contribution is 5.82. The van der Waals surface area contributed by atoms with Crippen LogP contribution in [-0.4, -0.2) is 71.4 Å². The van der Waals surface area contributed by atoms with Gasteiger partial charge in [0.15, 0.2) is 11.5 Å². The van der Waals surface area contributed by atoms with E-state index in [1.807, 2.05) is 18.2 Å². The van der Waals surface area contributed by atoms with Gasteiger partial charge in [0.1, 0.15) is 5.82 Å². The van der Waals surface area contributed by atoms with Crippen molar-refractivity contribution in [3.63, 3.8) is 0 Å². The highest BCUT2D eigenvalue weighted by Gasteiger charge is 2.38. The number of ether oxygens (including phenoxy) is 2. The second-order valence-corrected chi connectivity index (χ2v) is 8.44. The van der Waals surface area contributed by atoms with Crippen molar-refractivity contribution in [3.8, 4) is 22.9 Å². The molecular weight excluding hydrogens is 552 g/mol.